The number of carbonyl (C=O) groups excluding carboxylic acids is 3. The van der Waals surface area contributed by atoms with Gasteiger partial charge in [0.2, 0.25) is 0 Å². The van der Waals surface area contributed by atoms with Gasteiger partial charge in [-0.05, 0) is 130 Å². The first-order valence-corrected chi connectivity index (χ1v) is 33.6. The third kappa shape index (κ3) is 24.0. The van der Waals surface area contributed by atoms with Crippen LogP contribution < -0.4 is 18.9 Å². The number of nitrogens with zero attached hydrogens (tertiary/aromatic N) is 6. The van der Waals surface area contributed by atoms with Gasteiger partial charge in [-0.15, -0.1) is 0 Å². The largest absolute Gasteiger partial charge is 0.497 e. The topological polar surface area (TPSA) is 306 Å². The third-order valence-corrected chi connectivity index (χ3v) is 15.6. The molecule has 0 radical (unpaired) electrons. The van der Waals surface area contributed by atoms with Crippen LogP contribution in [-0.2, 0) is 42.6 Å². The molecular formula is C67H86N6O18Si. The lowest BCUT2D eigenvalue weighted by atomic mass is 10.0. The van der Waals surface area contributed by atoms with Crippen LogP contribution in [-0.4, -0.2) is 146 Å². The van der Waals surface area contributed by atoms with E-state index in [1.807, 2.05) is 18.2 Å². The molecule has 6 rings (SSSR count). The van der Waals surface area contributed by atoms with Crippen molar-refractivity contribution in [2.45, 2.75) is 153 Å². The predicted molar refractivity (Wildman–Crippen MR) is 347 cm³/mol. The maximum absolute atomic E-state index is 13.5. The normalized spacial score (nSPS) is 18.8. The van der Waals surface area contributed by atoms with E-state index >= 15 is 0 Å². The van der Waals surface area contributed by atoms with E-state index in [-0.39, 0.29) is 48.3 Å². The number of aromatic carboxylic acids is 1. The molecular weight excluding hydrogens is 1200 g/mol. The van der Waals surface area contributed by atoms with Gasteiger partial charge in [0.25, 0.3) is 0 Å². The summed E-state index contributed by atoms with van der Waals surface area (Å²) in [6.45, 7) is 17.4. The van der Waals surface area contributed by atoms with Crippen molar-refractivity contribution in [1.82, 2.24) is 0 Å². The number of benzene rings is 4. The van der Waals surface area contributed by atoms with Gasteiger partial charge in [-0.1, -0.05) is 117 Å². The Bertz CT molecular complexity index is 3290. The Kier molecular flexibility index (Phi) is 29.5. The van der Waals surface area contributed by atoms with Crippen molar-refractivity contribution in [3.05, 3.63) is 176 Å². The standard InChI is InChI=1S/C36H49N3O9Si.C31H37N3O9/c1-25(38-39-37)14-12-18-29(46-34(40)26-15-10-9-11-16-26)33-30(47-36(2,3)48-33)19-13-17-27-22-28(43-5)23-31(45-24-42-4)32(27)35(41)44-20-21-49(6,7)8;1-20(33-34-32)11-9-15-24(41-30(37)21-12-7-6-8-13-21)28-25(42-31(2,3)43-28)16-10-14-22-17-23(39-5)18-26(40-19-38-4)27(22)29(35)36/h9-13,15-18,22-23,25,29-30,33H,14,19-21,24H2,1-8H3;6-10,12-15,17-18,20,24-25,28H,11,16,19H2,1-5H3,(H,35,36)/b17-13+,18-12-;14-10+,15-9-/t25-,29?,30-,33?;20-,24?,25-,28?/m00/s1. The van der Waals surface area contributed by atoms with Crippen molar-refractivity contribution in [2.24, 2.45) is 10.2 Å². The summed E-state index contributed by atoms with van der Waals surface area (Å²) in [5.74, 6) is -3.46. The van der Waals surface area contributed by atoms with E-state index in [2.05, 4.69) is 39.7 Å². The number of carboxylic acids is 1. The van der Waals surface area contributed by atoms with E-state index in [0.717, 1.165) is 6.04 Å². The van der Waals surface area contributed by atoms with Crippen LogP contribution in [0.25, 0.3) is 33.0 Å². The first kappa shape index (κ1) is 74.2. The van der Waals surface area contributed by atoms with Crippen molar-refractivity contribution in [3.63, 3.8) is 0 Å². The number of carboxylic acid groups (broad SMARTS) is 1. The van der Waals surface area contributed by atoms with E-state index in [1.54, 1.807) is 151 Å². The minimum absolute atomic E-state index is 0.0543. The molecule has 2 aliphatic heterocycles. The fourth-order valence-electron chi connectivity index (χ4n) is 9.52. The van der Waals surface area contributed by atoms with Crippen molar-refractivity contribution in [2.75, 3.05) is 48.6 Å². The van der Waals surface area contributed by atoms with Gasteiger partial charge in [0, 0.05) is 56.3 Å². The fraction of sp³-hybridized carbons (Fsp3) is 0.463. The van der Waals surface area contributed by atoms with Crippen LogP contribution in [0, 0.1) is 0 Å². The van der Waals surface area contributed by atoms with Gasteiger partial charge in [-0.3, -0.25) is 0 Å². The molecule has 2 fully saturated rings. The fourth-order valence-corrected chi connectivity index (χ4v) is 10.2. The number of azide groups is 2. The Labute approximate surface area is 538 Å². The Morgan fingerprint density at radius 3 is 1.40 bits per heavy atom. The lowest BCUT2D eigenvalue weighted by Gasteiger charge is -2.24. The number of hydrogen-bond acceptors (Lipinski definition) is 19. The van der Waals surface area contributed by atoms with Gasteiger partial charge in [0.05, 0.1) is 44.2 Å². The average Bonchev–Trinajstić information content (AvgIpc) is 2.09. The van der Waals surface area contributed by atoms with Crippen molar-refractivity contribution < 1.29 is 85.9 Å². The van der Waals surface area contributed by atoms with Crippen LogP contribution in [0.3, 0.4) is 0 Å². The molecule has 0 bridgehead atoms. The van der Waals surface area contributed by atoms with Crippen LogP contribution >= 0.6 is 0 Å². The molecule has 4 unspecified atom stereocenters. The SMILES string of the molecule is COCOc1cc(OC)cc(/C=C/C[C@@H]2OC(C)(C)OC2C(/C=C\C[C@H](C)N=[N+]=[N-])OC(=O)c2ccccc2)c1C(=O)O.COCOc1cc(OC)cc(/C=C/C[C@@H]2OC(C)(C)OC2C(/C=C\C[C@H](C)N=[N+]=[N-])OC(=O)c2ccccc2)c1C(=O)OCC[Si](C)(C)C. The molecule has 0 amide bonds. The lowest BCUT2D eigenvalue weighted by molar-refractivity contribution is -0.153. The molecule has 0 aromatic heterocycles. The monoisotopic (exact) mass is 1290 g/mol. The number of hydrogen-bond donors (Lipinski definition) is 1. The number of esters is 3. The summed E-state index contributed by atoms with van der Waals surface area (Å²) in [5.41, 5.74) is 19.4. The zero-order chi connectivity index (χ0) is 67.4. The molecule has 0 aliphatic carbocycles. The molecule has 1 N–H and O–H groups in total. The average molecular weight is 1290 g/mol. The predicted octanol–water partition coefficient (Wildman–Crippen LogP) is 14.1. The van der Waals surface area contributed by atoms with Crippen molar-refractivity contribution in [1.29, 1.82) is 0 Å². The van der Waals surface area contributed by atoms with Gasteiger partial charge in [0.1, 0.15) is 58.5 Å². The number of methoxy groups -OCH3 is 4. The minimum atomic E-state index is -1.44. The van der Waals surface area contributed by atoms with Gasteiger partial charge in [-0.2, -0.15) is 0 Å². The smallest absolute Gasteiger partial charge is 0.342 e. The molecule has 2 saturated heterocycles. The molecule has 2 heterocycles. The maximum atomic E-state index is 13.5. The van der Waals surface area contributed by atoms with E-state index in [4.69, 9.17) is 72.6 Å². The highest BCUT2D eigenvalue weighted by Crippen LogP contribution is 2.38. The van der Waals surface area contributed by atoms with E-state index in [9.17, 15) is 24.3 Å². The molecule has 4 aromatic carbocycles. The molecule has 24 nitrogen and oxygen atoms in total. The zero-order valence-corrected chi connectivity index (χ0v) is 55.5. The second-order valence-corrected chi connectivity index (χ2v) is 29.1. The highest BCUT2D eigenvalue weighted by Gasteiger charge is 2.47. The Hall–Kier alpha value is -8.48. The van der Waals surface area contributed by atoms with E-state index in [1.165, 1.54) is 34.5 Å². The summed E-state index contributed by atoms with van der Waals surface area (Å²) in [4.78, 5) is 57.5. The summed E-state index contributed by atoms with van der Waals surface area (Å²) in [5, 5.41) is 17.3. The molecule has 4 aromatic rings. The van der Waals surface area contributed by atoms with Gasteiger partial charge in [0.15, 0.2) is 25.2 Å². The molecule has 92 heavy (non-hydrogen) atoms. The van der Waals surface area contributed by atoms with Crippen LogP contribution in [0.15, 0.2) is 132 Å². The van der Waals surface area contributed by atoms with Gasteiger partial charge >= 0.3 is 23.9 Å². The second kappa shape index (κ2) is 36.5. The molecule has 25 heteroatoms. The quantitative estimate of drug-likeness (QED) is 0.00677. The molecule has 0 spiro atoms. The summed E-state index contributed by atoms with van der Waals surface area (Å²) in [7, 11) is 4.49. The van der Waals surface area contributed by atoms with Crippen LogP contribution in [0.4, 0.5) is 0 Å². The highest BCUT2D eigenvalue weighted by atomic mass is 28.3. The Morgan fingerprint density at radius 2 is 1.02 bits per heavy atom. The van der Waals surface area contributed by atoms with Crippen molar-refractivity contribution in [3.8, 4) is 23.0 Å². The van der Waals surface area contributed by atoms with Crippen LogP contribution in [0.2, 0.25) is 25.7 Å². The summed E-state index contributed by atoms with van der Waals surface area (Å²) in [6.07, 6.45) is 11.4. The second-order valence-electron chi connectivity index (χ2n) is 23.5. The number of ether oxygens (including phenoxy) is 13. The van der Waals surface area contributed by atoms with E-state index in [0.29, 0.717) is 66.0 Å². The highest BCUT2D eigenvalue weighted by molar-refractivity contribution is 6.76. The number of rotatable bonds is 33. The summed E-state index contributed by atoms with van der Waals surface area (Å²) >= 11 is 0. The van der Waals surface area contributed by atoms with E-state index < -0.39 is 80.1 Å². The molecule has 496 valence electrons. The maximum Gasteiger partial charge on any atom is 0.342 e. The summed E-state index contributed by atoms with van der Waals surface area (Å²) < 4.78 is 74.8. The Balaban J connectivity index is 0.000000337. The first-order chi connectivity index (χ1) is 43.8. The van der Waals surface area contributed by atoms with Gasteiger partial charge < -0.3 is 66.7 Å². The third-order valence-electron chi connectivity index (χ3n) is 13.9. The summed E-state index contributed by atoms with van der Waals surface area (Å²) in [6, 6.07) is 23.9. The number of carbonyl (C=O) groups is 4. The molecule has 0 saturated carbocycles. The zero-order valence-electron chi connectivity index (χ0n) is 54.5. The minimum Gasteiger partial charge on any atom is -0.497 e. The lowest BCUT2D eigenvalue weighted by Crippen LogP contribution is -2.37. The van der Waals surface area contributed by atoms with Gasteiger partial charge in [-0.25, -0.2) is 19.2 Å². The molecule has 8 atom stereocenters. The van der Waals surface area contributed by atoms with Crippen molar-refractivity contribution >= 4 is 44.1 Å². The van der Waals surface area contributed by atoms with Crippen LogP contribution in [0.5, 0.6) is 23.0 Å². The first-order valence-electron chi connectivity index (χ1n) is 29.9. The Morgan fingerprint density at radius 1 is 0.609 bits per heavy atom. The van der Waals surface area contributed by atoms with Crippen LogP contribution in [0.1, 0.15) is 120 Å². The molecule has 2 aliphatic rings.